The Hall–Kier alpha value is -2.53. The van der Waals surface area contributed by atoms with Crippen molar-refractivity contribution in [1.82, 2.24) is 9.80 Å². The highest BCUT2D eigenvalue weighted by atomic mass is 16.4. The largest absolute Gasteiger partial charge is 0.480 e. The molecular formula is C11H16N2O9. The number of nitrogens with zero attached hydrogens (tertiary/aromatic N) is 2. The van der Waals surface area contributed by atoms with Gasteiger partial charge in [0.2, 0.25) is 0 Å². The molecule has 0 saturated carbocycles. The van der Waals surface area contributed by atoms with Gasteiger partial charge in [0.05, 0.1) is 39.3 Å². The molecule has 124 valence electrons. The maximum absolute atomic E-state index is 11.7. The summed E-state index contributed by atoms with van der Waals surface area (Å²) in [6.45, 7) is -3.83. The molecule has 0 aliphatic heterocycles. The van der Waals surface area contributed by atoms with Crippen LogP contribution in [0.2, 0.25) is 0 Å². The highest BCUT2D eigenvalue weighted by Gasteiger charge is 2.21. The number of carboxylic acids is 4. The van der Waals surface area contributed by atoms with Gasteiger partial charge in [0.15, 0.2) is 5.78 Å². The minimum absolute atomic E-state index is 0.547. The third-order valence-corrected chi connectivity index (χ3v) is 2.24. The van der Waals surface area contributed by atoms with Crippen molar-refractivity contribution in [3.05, 3.63) is 0 Å². The SMILES string of the molecule is O=C(O)CN(CC(=O)O)CC(=O)CN(CC(=O)O)CC(=O)O. The molecule has 0 aromatic carbocycles. The molecule has 0 aromatic rings. The quantitative estimate of drug-likeness (QED) is 0.299. The molecule has 0 rings (SSSR count). The predicted octanol–water partition coefficient (Wildman–Crippen LogP) is -2.50. The van der Waals surface area contributed by atoms with Gasteiger partial charge in [0, 0.05) is 0 Å². The van der Waals surface area contributed by atoms with Crippen LogP contribution in [0.15, 0.2) is 0 Å². The summed E-state index contributed by atoms with van der Waals surface area (Å²) in [5.74, 6) is -6.02. The fourth-order valence-corrected chi connectivity index (χ4v) is 1.65. The van der Waals surface area contributed by atoms with Gasteiger partial charge < -0.3 is 20.4 Å². The Morgan fingerprint density at radius 1 is 0.500 bits per heavy atom. The van der Waals surface area contributed by atoms with Gasteiger partial charge in [-0.1, -0.05) is 0 Å². The normalized spacial score (nSPS) is 10.6. The topological polar surface area (TPSA) is 173 Å². The second-order valence-corrected chi connectivity index (χ2v) is 4.40. The van der Waals surface area contributed by atoms with Gasteiger partial charge in [-0.15, -0.1) is 0 Å². The second-order valence-electron chi connectivity index (χ2n) is 4.40. The summed E-state index contributed by atoms with van der Waals surface area (Å²) in [6.07, 6.45) is 0. The fourth-order valence-electron chi connectivity index (χ4n) is 1.65. The maximum atomic E-state index is 11.7. The molecule has 0 heterocycles. The Balaban J connectivity index is 4.67. The number of carboxylic acid groups (broad SMARTS) is 4. The van der Waals surface area contributed by atoms with Gasteiger partial charge in [-0.3, -0.25) is 33.8 Å². The predicted molar refractivity (Wildman–Crippen MR) is 68.4 cm³/mol. The molecule has 0 aromatic heterocycles. The number of Topliss-reactive ketones (excluding diaryl/α,β-unsaturated/α-hetero) is 1. The first kappa shape index (κ1) is 19.5. The molecule has 0 amide bonds. The molecule has 0 fully saturated rings. The minimum atomic E-state index is -1.33. The third-order valence-electron chi connectivity index (χ3n) is 2.24. The van der Waals surface area contributed by atoms with Crippen LogP contribution in [0, 0.1) is 0 Å². The first-order chi connectivity index (χ1) is 10.1. The molecule has 0 atom stereocenters. The zero-order valence-corrected chi connectivity index (χ0v) is 11.5. The molecule has 11 heteroatoms. The van der Waals surface area contributed by atoms with Crippen LogP contribution in [0.25, 0.3) is 0 Å². The summed E-state index contributed by atoms with van der Waals surface area (Å²) >= 11 is 0. The Morgan fingerprint density at radius 2 is 0.727 bits per heavy atom. The van der Waals surface area contributed by atoms with E-state index >= 15 is 0 Å². The van der Waals surface area contributed by atoms with Crippen molar-refractivity contribution >= 4 is 29.7 Å². The van der Waals surface area contributed by atoms with Crippen molar-refractivity contribution in [3.63, 3.8) is 0 Å². The monoisotopic (exact) mass is 320 g/mol. The zero-order valence-electron chi connectivity index (χ0n) is 11.5. The molecule has 0 radical (unpaired) electrons. The van der Waals surface area contributed by atoms with E-state index in [2.05, 4.69) is 0 Å². The maximum Gasteiger partial charge on any atom is 0.317 e. The molecule has 4 N–H and O–H groups in total. The van der Waals surface area contributed by atoms with E-state index in [4.69, 9.17) is 20.4 Å². The standard InChI is InChI=1S/C11H16N2O9/c14-7(1-12(3-8(15)16)4-9(17)18)2-13(5-10(19)20)6-11(21)22/h1-6H2,(H,15,16)(H,17,18)(H,19,20)(H,21,22). The first-order valence-electron chi connectivity index (χ1n) is 5.93. The lowest BCUT2D eigenvalue weighted by atomic mass is 10.3. The lowest BCUT2D eigenvalue weighted by molar-refractivity contribution is -0.143. The molecule has 0 spiro atoms. The van der Waals surface area contributed by atoms with Crippen LogP contribution in [0.4, 0.5) is 0 Å². The molecule has 11 nitrogen and oxygen atoms in total. The minimum Gasteiger partial charge on any atom is -0.480 e. The summed E-state index contributed by atoms with van der Waals surface area (Å²) in [4.78, 5) is 55.7. The Bertz CT molecular complexity index is 390. The lowest BCUT2D eigenvalue weighted by Gasteiger charge is -2.20. The first-order valence-corrected chi connectivity index (χ1v) is 5.93. The third kappa shape index (κ3) is 10.3. The number of hydrogen-bond acceptors (Lipinski definition) is 7. The smallest absolute Gasteiger partial charge is 0.317 e. The number of hydrogen-bond donors (Lipinski definition) is 4. The summed E-state index contributed by atoms with van der Waals surface area (Å²) in [6, 6.07) is 0. The Labute approximate surface area is 124 Å². The Kier molecular flexibility index (Phi) is 8.33. The van der Waals surface area contributed by atoms with Crippen molar-refractivity contribution in [2.24, 2.45) is 0 Å². The van der Waals surface area contributed by atoms with Crippen LogP contribution >= 0.6 is 0 Å². The number of aliphatic carboxylic acids is 4. The van der Waals surface area contributed by atoms with Gasteiger partial charge >= 0.3 is 23.9 Å². The van der Waals surface area contributed by atoms with E-state index in [0.717, 1.165) is 9.80 Å². The van der Waals surface area contributed by atoms with Crippen LogP contribution in [0.5, 0.6) is 0 Å². The second kappa shape index (κ2) is 9.41. The fraction of sp³-hybridized carbons (Fsp3) is 0.545. The highest BCUT2D eigenvalue weighted by molar-refractivity contribution is 5.85. The van der Waals surface area contributed by atoms with E-state index in [9.17, 15) is 24.0 Å². The van der Waals surface area contributed by atoms with E-state index in [-0.39, 0.29) is 0 Å². The van der Waals surface area contributed by atoms with Crippen LogP contribution in [-0.2, 0) is 24.0 Å². The van der Waals surface area contributed by atoms with Crippen LogP contribution < -0.4 is 0 Å². The molecule has 0 aliphatic carbocycles. The molecule has 0 bridgehead atoms. The summed E-state index contributed by atoms with van der Waals surface area (Å²) in [7, 11) is 0. The van der Waals surface area contributed by atoms with Crippen molar-refractivity contribution in [2.45, 2.75) is 0 Å². The highest BCUT2D eigenvalue weighted by Crippen LogP contribution is 1.94. The van der Waals surface area contributed by atoms with Crippen LogP contribution in [0.1, 0.15) is 0 Å². The zero-order chi connectivity index (χ0) is 17.3. The van der Waals surface area contributed by atoms with Crippen LogP contribution in [0.3, 0.4) is 0 Å². The van der Waals surface area contributed by atoms with E-state index < -0.39 is 68.9 Å². The summed E-state index contributed by atoms with van der Waals surface area (Å²) in [5.41, 5.74) is 0. The Morgan fingerprint density at radius 3 is 0.909 bits per heavy atom. The number of carbonyl (C=O) groups is 5. The lowest BCUT2D eigenvalue weighted by Crippen LogP contribution is -2.44. The van der Waals surface area contributed by atoms with E-state index in [0.29, 0.717) is 0 Å². The summed E-state index contributed by atoms with van der Waals surface area (Å²) in [5, 5.41) is 34.5. The van der Waals surface area contributed by atoms with E-state index in [1.165, 1.54) is 0 Å². The van der Waals surface area contributed by atoms with E-state index in [1.54, 1.807) is 0 Å². The van der Waals surface area contributed by atoms with Crippen molar-refractivity contribution < 1.29 is 44.4 Å². The molecule has 22 heavy (non-hydrogen) atoms. The van der Waals surface area contributed by atoms with Crippen molar-refractivity contribution in [3.8, 4) is 0 Å². The molecule has 0 unspecified atom stereocenters. The van der Waals surface area contributed by atoms with Gasteiger partial charge in [0.1, 0.15) is 0 Å². The van der Waals surface area contributed by atoms with Gasteiger partial charge in [-0.2, -0.15) is 0 Å². The molecule has 0 saturated heterocycles. The summed E-state index contributed by atoms with van der Waals surface area (Å²) < 4.78 is 0. The molecule has 0 aliphatic rings. The van der Waals surface area contributed by atoms with Gasteiger partial charge in [0.25, 0.3) is 0 Å². The van der Waals surface area contributed by atoms with E-state index in [1.807, 2.05) is 0 Å². The van der Waals surface area contributed by atoms with Crippen molar-refractivity contribution in [2.75, 3.05) is 39.3 Å². The number of rotatable bonds is 12. The van der Waals surface area contributed by atoms with Crippen LogP contribution in [-0.4, -0.2) is 99.2 Å². The average Bonchev–Trinajstić information content (AvgIpc) is 2.23. The van der Waals surface area contributed by atoms with Crippen molar-refractivity contribution in [1.29, 1.82) is 0 Å². The number of ketones is 1. The number of carbonyl (C=O) groups excluding carboxylic acids is 1. The van der Waals surface area contributed by atoms with Gasteiger partial charge in [-0.25, -0.2) is 0 Å². The molecular weight excluding hydrogens is 304 g/mol. The average molecular weight is 320 g/mol. The van der Waals surface area contributed by atoms with Gasteiger partial charge in [-0.05, 0) is 0 Å².